The number of aliphatic hydroxyl groups excluding tert-OH is 1. The van der Waals surface area contributed by atoms with Gasteiger partial charge in [0, 0.05) is 45.7 Å². The molecule has 0 bridgehead atoms. The van der Waals surface area contributed by atoms with E-state index in [0.717, 1.165) is 46.3 Å². The number of nitrogens with zero attached hydrogens (tertiary/aromatic N) is 1. The molecule has 0 radical (unpaired) electrons. The molecule has 0 saturated carbocycles. The number of rotatable bonds is 6. The largest absolute Gasteiger partial charge is 0.396 e. The average Bonchev–Trinajstić information content (AvgIpc) is 3.12. The maximum atomic E-state index is 10.9. The van der Waals surface area contributed by atoms with Crippen LogP contribution in [0.15, 0.2) is 63.7 Å². The molecular weight excluding hydrogens is 666 g/mol. The molecule has 218 valence electrons. The molecule has 1 fully saturated rings. The van der Waals surface area contributed by atoms with Gasteiger partial charge in [0.2, 0.25) is 5.91 Å². The molecule has 1 aromatic heterocycles. The lowest BCUT2D eigenvalue weighted by atomic mass is 9.77. The van der Waals surface area contributed by atoms with Gasteiger partial charge >= 0.3 is 0 Å². The summed E-state index contributed by atoms with van der Waals surface area (Å²) in [6, 6.07) is 16.4. The third kappa shape index (κ3) is 9.66. The van der Waals surface area contributed by atoms with Crippen LogP contribution in [0.4, 0.5) is 0 Å². The zero-order chi connectivity index (χ0) is 29.8. The molecule has 2 aliphatic rings. The number of nitrogens with one attached hydrogen (secondary N) is 2. The van der Waals surface area contributed by atoms with E-state index >= 15 is 0 Å². The Morgan fingerprint density at radius 2 is 1.80 bits per heavy atom. The van der Waals surface area contributed by atoms with Gasteiger partial charge in [0.25, 0.3) is 0 Å². The van der Waals surface area contributed by atoms with Crippen molar-refractivity contribution in [3.8, 4) is 12.8 Å². The summed E-state index contributed by atoms with van der Waals surface area (Å²) in [6.45, 7) is 3.77. The summed E-state index contributed by atoms with van der Waals surface area (Å²) < 4.78 is 2.19. The van der Waals surface area contributed by atoms with Crippen LogP contribution in [0.25, 0.3) is 0 Å². The van der Waals surface area contributed by atoms with E-state index in [4.69, 9.17) is 21.7 Å². The number of amides is 1. The lowest BCUT2D eigenvalue weighted by Crippen LogP contribution is -2.35. The number of fused-ring (bicyclic) bond motifs is 2. The van der Waals surface area contributed by atoms with Gasteiger partial charge in [-0.05, 0) is 114 Å². The smallest absolute Gasteiger partial charge is 0.217 e. The zero-order valence-corrected chi connectivity index (χ0v) is 27.3. The average molecular weight is 704 g/mol. The molecule has 0 spiro atoms. The molecule has 2 atom stereocenters. The molecule has 5 nitrogen and oxygen atoms in total. The number of hydrogen-bond donors (Lipinski definition) is 3. The van der Waals surface area contributed by atoms with Gasteiger partial charge in [0.1, 0.15) is 0 Å². The second-order valence-electron chi connectivity index (χ2n) is 10.3. The van der Waals surface area contributed by atoms with E-state index in [-0.39, 0.29) is 18.6 Å². The summed E-state index contributed by atoms with van der Waals surface area (Å²) in [5.41, 5.74) is 6.57. The predicted octanol–water partition coefficient (Wildman–Crippen LogP) is 6.86. The number of aryl methyl sites for hydroxylation is 2. The number of aliphatic hydroxyl groups is 1. The monoisotopic (exact) mass is 701 g/mol. The van der Waals surface area contributed by atoms with Crippen molar-refractivity contribution in [3.63, 3.8) is 0 Å². The fourth-order valence-electron chi connectivity index (χ4n) is 5.78. The van der Waals surface area contributed by atoms with Gasteiger partial charge in [-0.3, -0.25) is 9.78 Å². The number of terminal acetylenes is 1. The maximum absolute atomic E-state index is 10.9. The Morgan fingerprint density at radius 1 is 1.12 bits per heavy atom. The van der Waals surface area contributed by atoms with Crippen molar-refractivity contribution in [1.82, 2.24) is 15.6 Å². The van der Waals surface area contributed by atoms with Crippen LogP contribution in [0.2, 0.25) is 5.02 Å². The van der Waals surface area contributed by atoms with Crippen LogP contribution in [0, 0.1) is 18.8 Å². The number of piperidine rings is 1. The quantitative estimate of drug-likeness (QED) is 0.246. The Hall–Kier alpha value is -2.21. The van der Waals surface area contributed by atoms with Crippen LogP contribution >= 0.6 is 43.5 Å². The van der Waals surface area contributed by atoms with Gasteiger partial charge in [0.05, 0.1) is 5.69 Å². The molecule has 1 amide bonds. The molecule has 1 aliphatic heterocycles. The van der Waals surface area contributed by atoms with Crippen molar-refractivity contribution in [2.24, 2.45) is 5.92 Å². The highest BCUT2D eigenvalue weighted by Crippen LogP contribution is 2.45. The molecule has 2 aromatic carbocycles. The van der Waals surface area contributed by atoms with Crippen molar-refractivity contribution in [2.45, 2.75) is 57.4 Å². The van der Waals surface area contributed by atoms with E-state index in [1.165, 1.54) is 47.7 Å². The molecule has 5 rings (SSSR count). The molecule has 1 saturated heterocycles. The van der Waals surface area contributed by atoms with Crippen LogP contribution in [0.3, 0.4) is 0 Å². The Labute approximate surface area is 266 Å². The van der Waals surface area contributed by atoms with Crippen molar-refractivity contribution in [1.29, 1.82) is 0 Å². The van der Waals surface area contributed by atoms with E-state index in [0.29, 0.717) is 18.3 Å². The van der Waals surface area contributed by atoms with E-state index < -0.39 is 0 Å². The molecule has 2 unspecified atom stereocenters. The summed E-state index contributed by atoms with van der Waals surface area (Å²) in [6.07, 6.45) is 15.7. The number of aromatic nitrogens is 1. The molecule has 41 heavy (non-hydrogen) atoms. The number of halogens is 3. The van der Waals surface area contributed by atoms with Gasteiger partial charge in [-0.1, -0.05) is 57.9 Å². The number of benzene rings is 2. The van der Waals surface area contributed by atoms with Crippen molar-refractivity contribution in [2.75, 3.05) is 19.7 Å². The normalized spacial score (nSPS) is 16.8. The minimum absolute atomic E-state index is 0.0231. The minimum Gasteiger partial charge on any atom is -0.396 e. The topological polar surface area (TPSA) is 74.2 Å². The van der Waals surface area contributed by atoms with Gasteiger partial charge in [-0.15, -0.1) is 12.8 Å². The number of hydrogen-bond acceptors (Lipinski definition) is 4. The van der Waals surface area contributed by atoms with Crippen LogP contribution in [0.1, 0.15) is 60.1 Å². The third-order valence-corrected chi connectivity index (χ3v) is 8.79. The Morgan fingerprint density at radius 3 is 2.46 bits per heavy atom. The van der Waals surface area contributed by atoms with Gasteiger partial charge in [0.15, 0.2) is 0 Å². The summed E-state index contributed by atoms with van der Waals surface area (Å²) in [5.74, 6) is 0.914. The highest BCUT2D eigenvalue weighted by Gasteiger charge is 2.34. The van der Waals surface area contributed by atoms with Crippen molar-refractivity contribution >= 4 is 49.4 Å². The maximum Gasteiger partial charge on any atom is 0.217 e. The molecule has 3 aromatic rings. The fourth-order valence-corrected chi connectivity index (χ4v) is 7.27. The van der Waals surface area contributed by atoms with E-state index in [1.807, 2.05) is 42.6 Å². The third-order valence-electron chi connectivity index (χ3n) is 7.48. The van der Waals surface area contributed by atoms with E-state index in [2.05, 4.69) is 67.5 Å². The molecule has 8 heteroatoms. The first-order valence-electron chi connectivity index (χ1n) is 13.9. The SMILES string of the molecule is C#C.CC(=O)NC(CCO)Cc1ccccc1.Clc1cc(Br)c2c(c1)CCc1cc(Br)cnc1C2C1CCNCC1. The van der Waals surface area contributed by atoms with Crippen LogP contribution in [0.5, 0.6) is 0 Å². The van der Waals surface area contributed by atoms with Crippen LogP contribution < -0.4 is 10.6 Å². The fraction of sp³-hybridized carbons (Fsp3) is 0.394. The van der Waals surface area contributed by atoms with Gasteiger partial charge in [-0.2, -0.15) is 0 Å². The molecule has 3 N–H and O–H groups in total. The second kappa shape index (κ2) is 17.0. The highest BCUT2D eigenvalue weighted by atomic mass is 79.9. The molecule has 2 heterocycles. The summed E-state index contributed by atoms with van der Waals surface area (Å²) in [7, 11) is 0. The van der Waals surface area contributed by atoms with Crippen molar-refractivity contribution in [3.05, 3.63) is 96.6 Å². The zero-order valence-electron chi connectivity index (χ0n) is 23.4. The Balaban J connectivity index is 0.000000236. The van der Waals surface area contributed by atoms with Crippen LogP contribution in [-0.4, -0.2) is 41.7 Å². The predicted molar refractivity (Wildman–Crippen MR) is 175 cm³/mol. The lowest BCUT2D eigenvalue weighted by Gasteiger charge is -2.32. The summed E-state index contributed by atoms with van der Waals surface area (Å²) in [4.78, 5) is 15.8. The lowest BCUT2D eigenvalue weighted by molar-refractivity contribution is -0.119. The van der Waals surface area contributed by atoms with Gasteiger partial charge in [-0.25, -0.2) is 0 Å². The number of carbonyl (C=O) groups is 1. The van der Waals surface area contributed by atoms with Crippen molar-refractivity contribution < 1.29 is 9.90 Å². The highest BCUT2D eigenvalue weighted by molar-refractivity contribution is 9.10. The molecular formula is C33H38Br2ClN3O2. The number of pyridine rings is 1. The van der Waals surface area contributed by atoms with E-state index in [1.54, 1.807) is 0 Å². The molecule has 1 aliphatic carbocycles. The Kier molecular flexibility index (Phi) is 13.8. The first kappa shape index (κ1) is 33.3. The second-order valence-corrected chi connectivity index (χ2v) is 12.5. The first-order valence-corrected chi connectivity index (χ1v) is 15.9. The number of carbonyl (C=O) groups excluding carboxylic acids is 1. The Bertz CT molecular complexity index is 1300. The standard InChI is InChI=1S/C19H19Br2ClN2.C12H17NO2.C2H2/c20-14-7-13-2-1-12-8-15(22)9-16(21)17(12)18(19(13)24-10-14)11-3-5-23-6-4-11;1-10(15)13-12(7-8-14)9-11-5-3-2-4-6-11;1-2/h7-11,18,23H,1-6H2;2-6,12,14H,7-9H2,1H3,(H,13,15);1-2H. The first-order chi connectivity index (χ1) is 19.9. The van der Waals surface area contributed by atoms with Crippen LogP contribution in [-0.2, 0) is 24.1 Å². The summed E-state index contributed by atoms with van der Waals surface area (Å²) in [5, 5.41) is 16.0. The summed E-state index contributed by atoms with van der Waals surface area (Å²) >= 11 is 13.7. The van der Waals surface area contributed by atoms with E-state index in [9.17, 15) is 4.79 Å². The van der Waals surface area contributed by atoms with Gasteiger partial charge < -0.3 is 15.7 Å². The minimum atomic E-state index is -0.0515.